The smallest absolute Gasteiger partial charge is 0.132 e. The van der Waals surface area contributed by atoms with Crippen LogP contribution in [-0.4, -0.2) is 10.1 Å². The molecule has 0 radical (unpaired) electrons. The molecule has 1 heterocycles. The predicted molar refractivity (Wildman–Crippen MR) is 80.7 cm³/mol. The lowest BCUT2D eigenvalue weighted by atomic mass is 9.99. The van der Waals surface area contributed by atoms with E-state index in [1.165, 1.54) is 24.5 Å². The van der Waals surface area contributed by atoms with Gasteiger partial charge in [0.15, 0.2) is 0 Å². The van der Waals surface area contributed by atoms with Gasteiger partial charge < -0.3 is 10.1 Å². The van der Waals surface area contributed by atoms with Crippen molar-refractivity contribution in [3.8, 4) is 0 Å². The van der Waals surface area contributed by atoms with E-state index in [9.17, 15) is 9.50 Å². The van der Waals surface area contributed by atoms with Crippen molar-refractivity contribution in [2.24, 2.45) is 0 Å². The quantitative estimate of drug-likeness (QED) is 0.739. The molecule has 4 rings (SSSR count). The molecule has 3 heteroatoms. The Morgan fingerprint density at radius 1 is 1.10 bits per heavy atom. The van der Waals surface area contributed by atoms with Gasteiger partial charge in [-0.15, -0.1) is 0 Å². The summed E-state index contributed by atoms with van der Waals surface area (Å²) in [5.74, 6) is 0.388. The number of halogens is 1. The first-order chi connectivity index (χ1) is 10.2. The highest BCUT2D eigenvalue weighted by atomic mass is 19.1. The summed E-state index contributed by atoms with van der Waals surface area (Å²) in [5.41, 5.74) is 3.42. The van der Waals surface area contributed by atoms with E-state index in [0.29, 0.717) is 22.4 Å². The summed E-state index contributed by atoms with van der Waals surface area (Å²) in [4.78, 5) is 3.02. The Labute approximate surface area is 122 Å². The summed E-state index contributed by atoms with van der Waals surface area (Å²) in [6, 6.07) is 12.9. The highest BCUT2D eigenvalue weighted by molar-refractivity contribution is 5.84. The number of aromatic nitrogens is 1. The van der Waals surface area contributed by atoms with Crippen LogP contribution in [0.15, 0.2) is 48.7 Å². The van der Waals surface area contributed by atoms with E-state index >= 15 is 0 Å². The molecular weight excluding hydrogens is 265 g/mol. The average Bonchev–Trinajstić information content (AvgIpc) is 3.26. The molecule has 0 saturated heterocycles. The monoisotopic (exact) mass is 281 g/mol. The lowest BCUT2D eigenvalue weighted by molar-refractivity contribution is 0.221. The second-order valence-corrected chi connectivity index (χ2v) is 5.75. The lowest BCUT2D eigenvalue weighted by Crippen LogP contribution is -1.99. The molecule has 106 valence electrons. The fourth-order valence-corrected chi connectivity index (χ4v) is 2.93. The molecule has 0 bridgehead atoms. The van der Waals surface area contributed by atoms with E-state index in [1.807, 2.05) is 18.2 Å². The normalized spacial score (nSPS) is 16.3. The number of benzene rings is 2. The first-order valence-electron chi connectivity index (χ1n) is 7.27. The van der Waals surface area contributed by atoms with Crippen LogP contribution in [0.2, 0.25) is 0 Å². The standard InChI is InChI=1S/C18H16FNO/c19-15-2-1-3-16-17(15)14(10-20-16)18(21)13-8-6-12(7-9-13)11-4-5-11/h1-3,6-11,18,20-21H,4-5H2. The zero-order chi connectivity index (χ0) is 14.4. The van der Waals surface area contributed by atoms with Crippen molar-refractivity contribution in [3.63, 3.8) is 0 Å². The van der Waals surface area contributed by atoms with E-state index < -0.39 is 6.10 Å². The molecule has 21 heavy (non-hydrogen) atoms. The molecule has 1 atom stereocenters. The van der Waals surface area contributed by atoms with E-state index in [-0.39, 0.29) is 5.82 Å². The van der Waals surface area contributed by atoms with Gasteiger partial charge in [0.05, 0.1) is 0 Å². The second-order valence-electron chi connectivity index (χ2n) is 5.75. The average molecular weight is 281 g/mol. The Hall–Kier alpha value is -2.13. The molecule has 1 saturated carbocycles. The van der Waals surface area contributed by atoms with Crippen LogP contribution in [0.5, 0.6) is 0 Å². The Morgan fingerprint density at radius 2 is 1.86 bits per heavy atom. The van der Waals surface area contributed by atoms with E-state index in [4.69, 9.17) is 0 Å². The number of fused-ring (bicyclic) bond motifs is 1. The van der Waals surface area contributed by atoms with E-state index in [2.05, 4.69) is 17.1 Å². The minimum Gasteiger partial charge on any atom is -0.384 e. The molecule has 2 N–H and O–H groups in total. The van der Waals surface area contributed by atoms with Gasteiger partial charge in [-0.1, -0.05) is 30.3 Å². The molecule has 1 fully saturated rings. The maximum absolute atomic E-state index is 14.0. The zero-order valence-electron chi connectivity index (χ0n) is 11.5. The van der Waals surface area contributed by atoms with Crippen molar-refractivity contribution < 1.29 is 9.50 Å². The molecule has 1 unspecified atom stereocenters. The Kier molecular flexibility index (Phi) is 2.82. The largest absolute Gasteiger partial charge is 0.384 e. The van der Waals surface area contributed by atoms with Crippen LogP contribution >= 0.6 is 0 Å². The number of aliphatic hydroxyl groups excluding tert-OH is 1. The van der Waals surface area contributed by atoms with Gasteiger partial charge >= 0.3 is 0 Å². The van der Waals surface area contributed by atoms with Gasteiger partial charge in [0.1, 0.15) is 11.9 Å². The summed E-state index contributed by atoms with van der Waals surface area (Å²) in [6.45, 7) is 0. The molecule has 2 nitrogen and oxygen atoms in total. The third-order valence-electron chi connectivity index (χ3n) is 4.28. The highest BCUT2D eigenvalue weighted by Gasteiger charge is 2.24. The van der Waals surface area contributed by atoms with Gasteiger partial charge in [-0.05, 0) is 42.0 Å². The van der Waals surface area contributed by atoms with Crippen molar-refractivity contribution in [1.29, 1.82) is 0 Å². The molecular formula is C18H16FNO. The first-order valence-corrected chi connectivity index (χ1v) is 7.27. The molecule has 0 spiro atoms. The van der Waals surface area contributed by atoms with Gasteiger partial charge in [0.25, 0.3) is 0 Å². The van der Waals surface area contributed by atoms with Gasteiger partial charge in [-0.25, -0.2) is 4.39 Å². The Morgan fingerprint density at radius 3 is 2.57 bits per heavy atom. The SMILES string of the molecule is OC(c1ccc(C2CC2)cc1)c1c[nH]c2cccc(F)c12. The number of hydrogen-bond donors (Lipinski definition) is 2. The molecule has 3 aromatic rings. The van der Waals surface area contributed by atoms with Crippen molar-refractivity contribution in [2.45, 2.75) is 24.9 Å². The minimum absolute atomic E-state index is 0.308. The van der Waals surface area contributed by atoms with Crippen LogP contribution in [0.3, 0.4) is 0 Å². The van der Waals surface area contributed by atoms with Crippen molar-refractivity contribution in [1.82, 2.24) is 4.98 Å². The maximum Gasteiger partial charge on any atom is 0.132 e. The summed E-state index contributed by atoms with van der Waals surface area (Å²) < 4.78 is 14.0. The van der Waals surface area contributed by atoms with Gasteiger partial charge in [-0.2, -0.15) is 0 Å². The van der Waals surface area contributed by atoms with Crippen molar-refractivity contribution >= 4 is 10.9 Å². The molecule has 0 amide bonds. The van der Waals surface area contributed by atoms with Crippen molar-refractivity contribution in [3.05, 3.63) is 71.2 Å². The lowest BCUT2D eigenvalue weighted by Gasteiger charge is -2.11. The highest BCUT2D eigenvalue weighted by Crippen LogP contribution is 2.40. The van der Waals surface area contributed by atoms with Crippen LogP contribution in [0.1, 0.15) is 41.6 Å². The topological polar surface area (TPSA) is 36.0 Å². The molecule has 1 aromatic heterocycles. The fraction of sp³-hybridized carbons (Fsp3) is 0.222. The molecule has 0 aliphatic heterocycles. The maximum atomic E-state index is 14.0. The number of nitrogens with one attached hydrogen (secondary N) is 1. The minimum atomic E-state index is -0.816. The second kappa shape index (κ2) is 4.71. The number of aliphatic hydroxyl groups is 1. The number of rotatable bonds is 3. The third-order valence-corrected chi connectivity index (χ3v) is 4.28. The summed E-state index contributed by atoms with van der Waals surface area (Å²) in [6.07, 6.45) is 3.39. The number of aromatic amines is 1. The van der Waals surface area contributed by atoms with Crippen LogP contribution in [0.4, 0.5) is 4.39 Å². The fourth-order valence-electron chi connectivity index (χ4n) is 2.93. The van der Waals surface area contributed by atoms with E-state index in [0.717, 1.165) is 5.56 Å². The third kappa shape index (κ3) is 2.14. The van der Waals surface area contributed by atoms with Gasteiger partial charge in [0.2, 0.25) is 0 Å². The van der Waals surface area contributed by atoms with Crippen LogP contribution in [0.25, 0.3) is 10.9 Å². The van der Waals surface area contributed by atoms with Crippen LogP contribution in [0, 0.1) is 5.82 Å². The molecule has 1 aliphatic rings. The molecule has 2 aromatic carbocycles. The zero-order valence-corrected chi connectivity index (χ0v) is 11.5. The predicted octanol–water partition coefficient (Wildman–Crippen LogP) is 4.27. The van der Waals surface area contributed by atoms with Gasteiger partial charge in [-0.3, -0.25) is 0 Å². The Bertz CT molecular complexity index is 787. The van der Waals surface area contributed by atoms with Crippen LogP contribution in [-0.2, 0) is 0 Å². The summed E-state index contributed by atoms with van der Waals surface area (Å²) in [7, 11) is 0. The molecule has 1 aliphatic carbocycles. The summed E-state index contributed by atoms with van der Waals surface area (Å²) >= 11 is 0. The first kappa shape index (κ1) is 12.6. The number of H-pyrrole nitrogens is 1. The van der Waals surface area contributed by atoms with Gasteiger partial charge in [0, 0.05) is 22.7 Å². The van der Waals surface area contributed by atoms with Crippen molar-refractivity contribution in [2.75, 3.05) is 0 Å². The Balaban J connectivity index is 1.73. The van der Waals surface area contributed by atoms with E-state index in [1.54, 1.807) is 12.3 Å². The van der Waals surface area contributed by atoms with Crippen LogP contribution < -0.4 is 0 Å². The summed E-state index contributed by atoms with van der Waals surface area (Å²) in [5, 5.41) is 11.0. The number of hydrogen-bond acceptors (Lipinski definition) is 1.